The van der Waals surface area contributed by atoms with Crippen molar-refractivity contribution in [1.29, 1.82) is 0 Å². The van der Waals surface area contributed by atoms with Gasteiger partial charge < -0.3 is 10.1 Å². The summed E-state index contributed by atoms with van der Waals surface area (Å²) in [6.07, 6.45) is 0. The van der Waals surface area contributed by atoms with E-state index in [1.807, 2.05) is 0 Å². The van der Waals surface area contributed by atoms with Gasteiger partial charge in [0.2, 0.25) is 5.91 Å². The molecule has 7 nitrogen and oxygen atoms in total. The summed E-state index contributed by atoms with van der Waals surface area (Å²) in [6.45, 7) is 0.576. The van der Waals surface area contributed by atoms with Crippen molar-refractivity contribution < 1.29 is 9.53 Å². The van der Waals surface area contributed by atoms with Crippen LogP contribution in [0.2, 0.25) is 5.02 Å². The monoisotopic (exact) mass is 401 g/mol. The molecule has 8 heteroatoms. The topological polar surface area (TPSA) is 82.3 Å². The van der Waals surface area contributed by atoms with Crippen LogP contribution >= 0.6 is 11.6 Å². The third-order valence-corrected chi connectivity index (χ3v) is 4.53. The second kappa shape index (κ2) is 8.86. The number of benzene rings is 2. The molecule has 28 heavy (non-hydrogen) atoms. The first-order valence-corrected chi connectivity index (χ1v) is 9.11. The van der Waals surface area contributed by atoms with E-state index in [0.717, 1.165) is 10.1 Å². The molecule has 0 saturated heterocycles. The van der Waals surface area contributed by atoms with Crippen molar-refractivity contribution in [3.8, 4) is 0 Å². The summed E-state index contributed by atoms with van der Waals surface area (Å²) >= 11 is 6.01. The smallest absolute Gasteiger partial charge is 0.332 e. The van der Waals surface area contributed by atoms with Crippen molar-refractivity contribution in [2.45, 2.75) is 13.1 Å². The normalized spacial score (nSPS) is 10.9. The molecule has 0 aliphatic rings. The first-order chi connectivity index (χ1) is 13.5. The molecule has 1 amide bonds. The van der Waals surface area contributed by atoms with Crippen LogP contribution in [-0.2, 0) is 22.6 Å². The Morgan fingerprint density at radius 3 is 2.64 bits per heavy atom. The molecule has 0 bridgehead atoms. The second-order valence-electron chi connectivity index (χ2n) is 6.25. The van der Waals surface area contributed by atoms with Gasteiger partial charge in [0.1, 0.15) is 6.54 Å². The van der Waals surface area contributed by atoms with Crippen LogP contribution in [0.4, 0.5) is 0 Å². The van der Waals surface area contributed by atoms with Crippen LogP contribution in [0.3, 0.4) is 0 Å². The molecular weight excluding hydrogens is 382 g/mol. The van der Waals surface area contributed by atoms with Gasteiger partial charge in [-0.1, -0.05) is 35.9 Å². The molecule has 0 aliphatic heterocycles. The Balaban J connectivity index is 2.06. The Morgan fingerprint density at radius 2 is 1.89 bits per heavy atom. The number of carbonyl (C=O) groups excluding carboxylic acids is 1. The van der Waals surface area contributed by atoms with Crippen LogP contribution in [0.1, 0.15) is 5.56 Å². The molecule has 0 radical (unpaired) electrons. The van der Waals surface area contributed by atoms with Crippen molar-refractivity contribution in [2.75, 3.05) is 20.3 Å². The maximum absolute atomic E-state index is 13.0. The van der Waals surface area contributed by atoms with Gasteiger partial charge >= 0.3 is 5.69 Å². The highest BCUT2D eigenvalue weighted by Crippen LogP contribution is 2.12. The number of nitrogens with one attached hydrogen (secondary N) is 1. The van der Waals surface area contributed by atoms with Crippen LogP contribution in [-0.4, -0.2) is 35.3 Å². The van der Waals surface area contributed by atoms with Gasteiger partial charge in [0.25, 0.3) is 5.56 Å². The number of halogens is 1. The van der Waals surface area contributed by atoms with E-state index in [4.69, 9.17) is 16.3 Å². The Kier molecular flexibility index (Phi) is 6.28. The SMILES string of the molecule is COCCNC(=O)Cn1c(=O)n(Cc2cccc(Cl)c2)c(=O)c2ccccc21. The van der Waals surface area contributed by atoms with Crippen molar-refractivity contribution in [3.63, 3.8) is 0 Å². The molecule has 0 fully saturated rings. The summed E-state index contributed by atoms with van der Waals surface area (Å²) in [6, 6.07) is 13.7. The molecule has 1 heterocycles. The number of nitrogens with zero attached hydrogens (tertiary/aromatic N) is 2. The first-order valence-electron chi connectivity index (χ1n) is 8.73. The predicted molar refractivity (Wildman–Crippen MR) is 108 cm³/mol. The number of amides is 1. The molecule has 3 aromatic rings. The maximum atomic E-state index is 13.0. The predicted octanol–water partition coefficient (Wildman–Crippen LogP) is 1.63. The molecule has 146 valence electrons. The van der Waals surface area contributed by atoms with Crippen LogP contribution in [0.25, 0.3) is 10.9 Å². The van der Waals surface area contributed by atoms with E-state index in [-0.39, 0.29) is 19.0 Å². The first kappa shape index (κ1) is 19.9. The minimum atomic E-state index is -0.550. The lowest BCUT2D eigenvalue weighted by molar-refractivity contribution is -0.121. The quantitative estimate of drug-likeness (QED) is 0.610. The Bertz CT molecular complexity index is 1120. The van der Waals surface area contributed by atoms with Crippen molar-refractivity contribution >= 4 is 28.4 Å². The number of carbonyl (C=O) groups is 1. The van der Waals surface area contributed by atoms with Crippen LogP contribution in [0, 0.1) is 0 Å². The lowest BCUT2D eigenvalue weighted by Gasteiger charge is -2.14. The highest BCUT2D eigenvalue weighted by atomic mass is 35.5. The summed E-state index contributed by atoms with van der Waals surface area (Å²) < 4.78 is 7.34. The van der Waals surface area contributed by atoms with Crippen molar-refractivity contribution in [3.05, 3.63) is 80.0 Å². The van der Waals surface area contributed by atoms with E-state index in [1.54, 1.807) is 48.5 Å². The van der Waals surface area contributed by atoms with Crippen LogP contribution in [0.5, 0.6) is 0 Å². The molecular formula is C20H20ClN3O4. The number of rotatable bonds is 7. The van der Waals surface area contributed by atoms with Gasteiger partial charge in [0.05, 0.1) is 24.1 Å². The number of aromatic nitrogens is 2. The van der Waals surface area contributed by atoms with E-state index in [9.17, 15) is 14.4 Å². The number of methoxy groups -OCH3 is 1. The van der Waals surface area contributed by atoms with Gasteiger partial charge in [-0.15, -0.1) is 0 Å². The van der Waals surface area contributed by atoms with Crippen LogP contribution < -0.4 is 16.6 Å². The lowest BCUT2D eigenvalue weighted by Crippen LogP contribution is -2.43. The van der Waals surface area contributed by atoms with Gasteiger partial charge in [-0.3, -0.25) is 18.7 Å². The van der Waals surface area contributed by atoms with Crippen LogP contribution in [0.15, 0.2) is 58.1 Å². The Morgan fingerprint density at radius 1 is 1.11 bits per heavy atom. The van der Waals surface area contributed by atoms with E-state index in [2.05, 4.69) is 5.32 Å². The highest BCUT2D eigenvalue weighted by molar-refractivity contribution is 6.30. The molecule has 0 saturated carbocycles. The zero-order chi connectivity index (χ0) is 20.1. The second-order valence-corrected chi connectivity index (χ2v) is 6.69. The Labute approximate surface area is 166 Å². The average molecular weight is 402 g/mol. The minimum absolute atomic E-state index is 0.0638. The average Bonchev–Trinajstić information content (AvgIpc) is 2.69. The van der Waals surface area contributed by atoms with Gasteiger partial charge in [-0.25, -0.2) is 4.79 Å². The summed E-state index contributed by atoms with van der Waals surface area (Å²) in [4.78, 5) is 38.2. The number of hydrogen-bond donors (Lipinski definition) is 1. The molecule has 0 aliphatic carbocycles. The van der Waals surface area contributed by atoms with Gasteiger partial charge in [0, 0.05) is 18.7 Å². The number of fused-ring (bicyclic) bond motifs is 1. The van der Waals surface area contributed by atoms with E-state index < -0.39 is 11.2 Å². The van der Waals surface area contributed by atoms with Crippen molar-refractivity contribution in [1.82, 2.24) is 14.5 Å². The fraction of sp³-hybridized carbons (Fsp3) is 0.250. The summed E-state index contributed by atoms with van der Waals surface area (Å²) in [5.74, 6) is -0.336. The third kappa shape index (κ3) is 4.32. The molecule has 0 atom stereocenters. The molecule has 2 aromatic carbocycles. The fourth-order valence-corrected chi connectivity index (χ4v) is 3.19. The fourth-order valence-electron chi connectivity index (χ4n) is 2.97. The maximum Gasteiger partial charge on any atom is 0.332 e. The molecule has 0 unspecified atom stereocenters. The minimum Gasteiger partial charge on any atom is -0.383 e. The van der Waals surface area contributed by atoms with Gasteiger partial charge in [-0.05, 0) is 29.8 Å². The number of ether oxygens (including phenoxy) is 1. The lowest BCUT2D eigenvalue weighted by atomic mass is 10.2. The highest BCUT2D eigenvalue weighted by Gasteiger charge is 2.15. The van der Waals surface area contributed by atoms with E-state index in [1.165, 1.54) is 11.7 Å². The standard InChI is InChI=1S/C20H20ClN3O4/c1-28-10-9-22-18(25)13-23-17-8-3-2-7-16(17)19(26)24(20(23)27)12-14-5-4-6-15(21)11-14/h2-8,11H,9-10,12-13H2,1H3,(H,22,25). The zero-order valence-corrected chi connectivity index (χ0v) is 16.1. The summed E-state index contributed by atoms with van der Waals surface area (Å²) in [5, 5.41) is 3.57. The molecule has 0 spiro atoms. The molecule has 1 N–H and O–H groups in total. The van der Waals surface area contributed by atoms with Gasteiger partial charge in [-0.2, -0.15) is 0 Å². The molecule has 1 aromatic heterocycles. The van der Waals surface area contributed by atoms with Gasteiger partial charge in [0.15, 0.2) is 0 Å². The molecule has 3 rings (SSSR count). The largest absolute Gasteiger partial charge is 0.383 e. The Hall–Kier alpha value is -2.90. The zero-order valence-electron chi connectivity index (χ0n) is 15.4. The third-order valence-electron chi connectivity index (χ3n) is 4.29. The summed E-state index contributed by atoms with van der Waals surface area (Å²) in [7, 11) is 1.54. The van der Waals surface area contributed by atoms with E-state index in [0.29, 0.717) is 29.1 Å². The summed E-state index contributed by atoms with van der Waals surface area (Å²) in [5.41, 5.74) is 0.182. The van der Waals surface area contributed by atoms with Crippen molar-refractivity contribution in [2.24, 2.45) is 0 Å². The number of hydrogen-bond acceptors (Lipinski definition) is 4. The number of para-hydroxylation sites is 1. The van der Waals surface area contributed by atoms with E-state index >= 15 is 0 Å².